The van der Waals surface area contributed by atoms with Crippen LogP contribution in [0.1, 0.15) is 18.9 Å². The highest BCUT2D eigenvalue weighted by molar-refractivity contribution is 5.95. The molecule has 0 aliphatic carbocycles. The number of aryl methyl sites for hydroxylation is 1. The van der Waals surface area contributed by atoms with Crippen LogP contribution in [0.2, 0.25) is 0 Å². The van der Waals surface area contributed by atoms with Crippen LogP contribution in [-0.4, -0.2) is 41.0 Å². The van der Waals surface area contributed by atoms with Crippen molar-refractivity contribution in [3.8, 4) is 0 Å². The van der Waals surface area contributed by atoms with Crippen molar-refractivity contribution < 1.29 is 19.1 Å². The van der Waals surface area contributed by atoms with Crippen molar-refractivity contribution in [1.82, 2.24) is 4.90 Å². The standard InChI is InChI=1S/C15H19FN2O3/c1-9-3-4-12(16)7-13(9)17-14(19)10(2)18-6-5-11(8-18)15(20)21/h3-4,7,10-11H,5-6,8H2,1-2H3,(H,17,19)(H,20,21). The third-order valence-corrected chi connectivity index (χ3v) is 3.95. The molecule has 1 aliphatic rings. The predicted octanol–water partition coefficient (Wildman–Crippen LogP) is 1.87. The number of carbonyl (C=O) groups is 2. The maximum atomic E-state index is 13.2. The molecular formula is C15H19FN2O3. The lowest BCUT2D eigenvalue weighted by Crippen LogP contribution is -2.41. The Balaban J connectivity index is 2.00. The fourth-order valence-electron chi connectivity index (χ4n) is 2.47. The van der Waals surface area contributed by atoms with Crippen LogP contribution in [-0.2, 0) is 9.59 Å². The number of nitrogens with zero attached hydrogens (tertiary/aromatic N) is 1. The van der Waals surface area contributed by atoms with Crippen LogP contribution in [0, 0.1) is 18.7 Å². The molecule has 1 amide bonds. The minimum Gasteiger partial charge on any atom is -0.481 e. The van der Waals surface area contributed by atoms with Gasteiger partial charge in [0.1, 0.15) is 5.82 Å². The number of anilines is 1. The number of aliphatic carboxylic acids is 1. The van der Waals surface area contributed by atoms with E-state index in [1.165, 1.54) is 12.1 Å². The average Bonchev–Trinajstić information content (AvgIpc) is 2.91. The highest BCUT2D eigenvalue weighted by Gasteiger charge is 2.33. The zero-order valence-corrected chi connectivity index (χ0v) is 12.1. The second-order valence-corrected chi connectivity index (χ2v) is 5.44. The third kappa shape index (κ3) is 3.58. The van der Waals surface area contributed by atoms with Crippen LogP contribution in [0.5, 0.6) is 0 Å². The lowest BCUT2D eigenvalue weighted by atomic mass is 10.1. The third-order valence-electron chi connectivity index (χ3n) is 3.95. The number of carboxylic acids is 1. The van der Waals surface area contributed by atoms with Gasteiger partial charge in [0.2, 0.25) is 5.91 Å². The fraction of sp³-hybridized carbons (Fsp3) is 0.467. The lowest BCUT2D eigenvalue weighted by molar-refractivity contribution is -0.141. The van der Waals surface area contributed by atoms with E-state index in [4.69, 9.17) is 5.11 Å². The summed E-state index contributed by atoms with van der Waals surface area (Å²) >= 11 is 0. The number of rotatable bonds is 4. The number of benzene rings is 1. The second-order valence-electron chi connectivity index (χ2n) is 5.44. The Morgan fingerprint density at radius 2 is 2.19 bits per heavy atom. The van der Waals surface area contributed by atoms with Gasteiger partial charge in [-0.1, -0.05) is 6.07 Å². The monoisotopic (exact) mass is 294 g/mol. The number of amides is 1. The molecule has 1 aliphatic heterocycles. The number of hydrogen-bond donors (Lipinski definition) is 2. The van der Waals surface area contributed by atoms with Gasteiger partial charge in [-0.25, -0.2) is 4.39 Å². The highest BCUT2D eigenvalue weighted by Crippen LogP contribution is 2.21. The van der Waals surface area contributed by atoms with Gasteiger partial charge >= 0.3 is 5.97 Å². The number of hydrogen-bond acceptors (Lipinski definition) is 3. The quantitative estimate of drug-likeness (QED) is 0.889. The van der Waals surface area contributed by atoms with Crippen LogP contribution in [0.25, 0.3) is 0 Å². The van der Waals surface area contributed by atoms with Crippen molar-refractivity contribution in [2.45, 2.75) is 26.3 Å². The summed E-state index contributed by atoms with van der Waals surface area (Å²) in [7, 11) is 0. The summed E-state index contributed by atoms with van der Waals surface area (Å²) in [4.78, 5) is 25.0. The fourth-order valence-corrected chi connectivity index (χ4v) is 2.47. The summed E-state index contributed by atoms with van der Waals surface area (Å²) in [6.07, 6.45) is 0.548. The molecule has 0 bridgehead atoms. The van der Waals surface area contributed by atoms with E-state index >= 15 is 0 Å². The Kier molecular flexibility index (Phi) is 4.57. The van der Waals surface area contributed by atoms with Gasteiger partial charge in [-0.05, 0) is 44.5 Å². The van der Waals surface area contributed by atoms with Crippen molar-refractivity contribution in [3.05, 3.63) is 29.6 Å². The second kappa shape index (κ2) is 6.22. The minimum atomic E-state index is -0.828. The van der Waals surface area contributed by atoms with E-state index in [1.54, 1.807) is 19.9 Å². The summed E-state index contributed by atoms with van der Waals surface area (Å²) in [5.41, 5.74) is 1.22. The molecule has 6 heteroatoms. The first-order valence-electron chi connectivity index (χ1n) is 6.92. The van der Waals surface area contributed by atoms with Gasteiger partial charge < -0.3 is 10.4 Å². The summed E-state index contributed by atoms with van der Waals surface area (Å²) in [6, 6.07) is 3.78. The van der Waals surface area contributed by atoms with Gasteiger partial charge in [-0.15, -0.1) is 0 Å². The summed E-state index contributed by atoms with van der Waals surface area (Å²) in [5.74, 6) is -1.91. The molecule has 5 nitrogen and oxygen atoms in total. The first kappa shape index (κ1) is 15.4. The molecule has 1 aromatic rings. The van der Waals surface area contributed by atoms with E-state index in [2.05, 4.69) is 5.32 Å². The zero-order valence-electron chi connectivity index (χ0n) is 12.1. The Labute approximate surface area is 122 Å². The topological polar surface area (TPSA) is 69.6 Å². The molecule has 2 rings (SSSR count). The molecule has 21 heavy (non-hydrogen) atoms. The molecule has 2 unspecified atom stereocenters. The molecule has 114 valence electrons. The number of likely N-dealkylation sites (tertiary alicyclic amines) is 1. The Hall–Kier alpha value is -1.95. The lowest BCUT2D eigenvalue weighted by Gasteiger charge is -2.23. The average molecular weight is 294 g/mol. The molecule has 0 radical (unpaired) electrons. The van der Waals surface area contributed by atoms with Gasteiger partial charge in [0.05, 0.1) is 12.0 Å². The molecule has 2 atom stereocenters. The van der Waals surface area contributed by atoms with Gasteiger partial charge in [0.25, 0.3) is 0 Å². The number of carboxylic acid groups (broad SMARTS) is 1. The SMILES string of the molecule is Cc1ccc(F)cc1NC(=O)C(C)N1CCC(C(=O)O)C1. The summed E-state index contributed by atoms with van der Waals surface area (Å²) < 4.78 is 13.2. The molecular weight excluding hydrogens is 275 g/mol. The van der Waals surface area contributed by atoms with Gasteiger partial charge in [-0.2, -0.15) is 0 Å². The molecule has 1 heterocycles. The van der Waals surface area contributed by atoms with E-state index < -0.39 is 23.7 Å². The van der Waals surface area contributed by atoms with Crippen molar-refractivity contribution in [1.29, 1.82) is 0 Å². The molecule has 1 aromatic carbocycles. The first-order valence-corrected chi connectivity index (χ1v) is 6.92. The van der Waals surface area contributed by atoms with Crippen LogP contribution in [0.4, 0.5) is 10.1 Å². The summed E-state index contributed by atoms with van der Waals surface area (Å²) in [5, 5.41) is 11.7. The normalized spacial score (nSPS) is 20.2. The van der Waals surface area contributed by atoms with Crippen molar-refractivity contribution in [3.63, 3.8) is 0 Å². The maximum absolute atomic E-state index is 13.2. The van der Waals surface area contributed by atoms with E-state index in [0.29, 0.717) is 25.2 Å². The number of nitrogens with one attached hydrogen (secondary N) is 1. The van der Waals surface area contributed by atoms with Crippen molar-refractivity contribution in [2.24, 2.45) is 5.92 Å². The predicted molar refractivity (Wildman–Crippen MR) is 76.5 cm³/mol. The van der Waals surface area contributed by atoms with Gasteiger partial charge in [0, 0.05) is 12.2 Å². The molecule has 1 fully saturated rings. The molecule has 2 N–H and O–H groups in total. The zero-order chi connectivity index (χ0) is 15.6. The van der Waals surface area contributed by atoms with Crippen molar-refractivity contribution >= 4 is 17.6 Å². The number of halogens is 1. The Bertz CT molecular complexity index is 562. The molecule has 0 saturated carbocycles. The van der Waals surface area contributed by atoms with Crippen LogP contribution < -0.4 is 5.32 Å². The Morgan fingerprint density at radius 1 is 1.48 bits per heavy atom. The Morgan fingerprint density at radius 3 is 2.81 bits per heavy atom. The molecule has 1 saturated heterocycles. The number of carbonyl (C=O) groups excluding carboxylic acids is 1. The van der Waals surface area contributed by atoms with Gasteiger partial charge in [-0.3, -0.25) is 14.5 Å². The van der Waals surface area contributed by atoms with Crippen LogP contribution in [0.15, 0.2) is 18.2 Å². The largest absolute Gasteiger partial charge is 0.481 e. The summed E-state index contributed by atoms with van der Waals surface area (Å²) in [6.45, 7) is 4.46. The van der Waals surface area contributed by atoms with Crippen LogP contribution in [0.3, 0.4) is 0 Å². The van der Waals surface area contributed by atoms with Crippen LogP contribution >= 0.6 is 0 Å². The molecule has 0 spiro atoms. The minimum absolute atomic E-state index is 0.255. The first-order chi connectivity index (χ1) is 9.88. The van der Waals surface area contributed by atoms with E-state index in [1.807, 2.05) is 4.90 Å². The van der Waals surface area contributed by atoms with E-state index in [9.17, 15) is 14.0 Å². The molecule has 0 aromatic heterocycles. The highest BCUT2D eigenvalue weighted by atomic mass is 19.1. The van der Waals surface area contributed by atoms with Gasteiger partial charge in [0.15, 0.2) is 0 Å². The smallest absolute Gasteiger partial charge is 0.307 e. The maximum Gasteiger partial charge on any atom is 0.307 e. The van der Waals surface area contributed by atoms with E-state index in [0.717, 1.165) is 5.56 Å². The van der Waals surface area contributed by atoms with E-state index in [-0.39, 0.29) is 5.91 Å². The van der Waals surface area contributed by atoms with Crippen molar-refractivity contribution in [2.75, 3.05) is 18.4 Å².